The zero-order valence-corrected chi connectivity index (χ0v) is 9.28. The second kappa shape index (κ2) is 5.34. The second-order valence-corrected chi connectivity index (χ2v) is 4.76. The molecule has 1 unspecified atom stereocenters. The van der Waals surface area contributed by atoms with E-state index < -0.39 is 0 Å². The Kier molecular flexibility index (Phi) is 3.81. The number of hydrogen-bond acceptors (Lipinski definition) is 2. The lowest BCUT2D eigenvalue weighted by Gasteiger charge is -2.18. The van der Waals surface area contributed by atoms with Crippen LogP contribution in [0.4, 0.5) is 0 Å². The van der Waals surface area contributed by atoms with Crippen LogP contribution >= 0.6 is 0 Å². The summed E-state index contributed by atoms with van der Waals surface area (Å²) in [7, 11) is 0. The summed E-state index contributed by atoms with van der Waals surface area (Å²) >= 11 is 0. The molecule has 1 fully saturated rings. The van der Waals surface area contributed by atoms with Gasteiger partial charge in [-0.2, -0.15) is 0 Å². The van der Waals surface area contributed by atoms with E-state index in [1.54, 1.807) is 0 Å². The highest BCUT2D eigenvalue weighted by atomic mass is 16.5. The van der Waals surface area contributed by atoms with Crippen molar-refractivity contribution in [2.75, 3.05) is 6.61 Å². The summed E-state index contributed by atoms with van der Waals surface area (Å²) < 4.78 is 5.39. The van der Waals surface area contributed by atoms with E-state index in [0.717, 1.165) is 25.7 Å². The normalized spacial score (nSPS) is 26.8. The van der Waals surface area contributed by atoms with Gasteiger partial charge in [0.05, 0.1) is 12.5 Å². The maximum Gasteiger partial charge on any atom is 0.308 e. The summed E-state index contributed by atoms with van der Waals surface area (Å²) in [5.74, 6) is 0.839. The van der Waals surface area contributed by atoms with Crippen LogP contribution in [-0.4, -0.2) is 12.6 Å². The van der Waals surface area contributed by atoms with Crippen molar-refractivity contribution >= 4 is 5.97 Å². The van der Waals surface area contributed by atoms with Gasteiger partial charge in [-0.25, -0.2) is 0 Å². The molecular formula is C13H20O2. The van der Waals surface area contributed by atoms with Crippen molar-refractivity contribution in [1.82, 2.24) is 0 Å². The zero-order chi connectivity index (χ0) is 10.5. The molecule has 2 aliphatic carbocycles. The van der Waals surface area contributed by atoms with Crippen LogP contribution in [0.15, 0.2) is 12.2 Å². The summed E-state index contributed by atoms with van der Waals surface area (Å²) in [6.07, 6.45) is 12.3. The van der Waals surface area contributed by atoms with E-state index >= 15 is 0 Å². The fourth-order valence-corrected chi connectivity index (χ4v) is 2.49. The third kappa shape index (κ3) is 3.08. The van der Waals surface area contributed by atoms with Crippen LogP contribution in [0.5, 0.6) is 0 Å². The molecule has 0 N–H and O–H groups in total. The van der Waals surface area contributed by atoms with Gasteiger partial charge in [-0.3, -0.25) is 4.79 Å². The third-order valence-electron chi connectivity index (χ3n) is 3.53. The van der Waals surface area contributed by atoms with E-state index in [1.807, 2.05) is 0 Å². The van der Waals surface area contributed by atoms with Crippen molar-refractivity contribution < 1.29 is 9.53 Å². The Morgan fingerprint density at radius 3 is 2.67 bits per heavy atom. The number of rotatable bonds is 3. The monoisotopic (exact) mass is 208 g/mol. The Morgan fingerprint density at radius 2 is 2.00 bits per heavy atom. The molecule has 0 saturated heterocycles. The maximum atomic E-state index is 11.6. The van der Waals surface area contributed by atoms with Gasteiger partial charge in [-0.15, -0.1) is 0 Å². The Hall–Kier alpha value is -0.790. The lowest BCUT2D eigenvalue weighted by Crippen LogP contribution is -2.20. The first kappa shape index (κ1) is 10.7. The first-order valence-electron chi connectivity index (χ1n) is 6.18. The van der Waals surface area contributed by atoms with Crippen molar-refractivity contribution in [1.29, 1.82) is 0 Å². The third-order valence-corrected chi connectivity index (χ3v) is 3.53. The van der Waals surface area contributed by atoms with Crippen molar-refractivity contribution in [3.05, 3.63) is 12.2 Å². The summed E-state index contributed by atoms with van der Waals surface area (Å²) in [5.41, 5.74) is 0. The van der Waals surface area contributed by atoms with Crippen LogP contribution < -0.4 is 0 Å². The Bertz CT molecular complexity index is 239. The molecule has 2 rings (SSSR count). The van der Waals surface area contributed by atoms with Gasteiger partial charge in [0.1, 0.15) is 0 Å². The summed E-state index contributed by atoms with van der Waals surface area (Å²) in [4.78, 5) is 11.6. The van der Waals surface area contributed by atoms with Gasteiger partial charge in [-0.05, 0) is 38.0 Å². The van der Waals surface area contributed by atoms with E-state index in [0.29, 0.717) is 12.5 Å². The first-order chi connectivity index (χ1) is 7.36. The molecule has 0 radical (unpaired) electrons. The molecule has 2 heteroatoms. The Labute approximate surface area is 91.7 Å². The molecule has 0 aromatic heterocycles. The number of carbonyl (C=O) groups is 1. The lowest BCUT2D eigenvalue weighted by atomic mass is 9.95. The molecule has 0 aromatic carbocycles. The van der Waals surface area contributed by atoms with Gasteiger partial charge in [0, 0.05) is 0 Å². The number of carbonyl (C=O) groups excluding carboxylic acids is 1. The predicted molar refractivity (Wildman–Crippen MR) is 59.4 cm³/mol. The van der Waals surface area contributed by atoms with Crippen molar-refractivity contribution in [2.45, 2.75) is 44.9 Å². The van der Waals surface area contributed by atoms with Gasteiger partial charge in [0.25, 0.3) is 0 Å². The van der Waals surface area contributed by atoms with Crippen molar-refractivity contribution in [3.63, 3.8) is 0 Å². The number of hydrogen-bond donors (Lipinski definition) is 0. The quantitative estimate of drug-likeness (QED) is 0.526. The smallest absolute Gasteiger partial charge is 0.308 e. The number of ether oxygens (including phenoxy) is 1. The molecule has 2 aliphatic rings. The fourth-order valence-electron chi connectivity index (χ4n) is 2.49. The highest BCUT2D eigenvalue weighted by molar-refractivity contribution is 5.72. The molecule has 0 amide bonds. The predicted octanol–water partition coefficient (Wildman–Crippen LogP) is 3.08. The van der Waals surface area contributed by atoms with E-state index in [-0.39, 0.29) is 11.9 Å². The summed E-state index contributed by atoms with van der Waals surface area (Å²) in [6.45, 7) is 0.639. The minimum atomic E-state index is 0.0575. The Balaban J connectivity index is 1.68. The SMILES string of the molecule is O=C(OCC1CC=CCC1)C1CCCC1. The minimum Gasteiger partial charge on any atom is -0.465 e. The highest BCUT2D eigenvalue weighted by Gasteiger charge is 2.24. The van der Waals surface area contributed by atoms with Crippen LogP contribution in [-0.2, 0) is 9.53 Å². The fraction of sp³-hybridized carbons (Fsp3) is 0.769. The lowest BCUT2D eigenvalue weighted by molar-refractivity contribution is -0.149. The molecule has 0 heterocycles. The molecule has 1 atom stereocenters. The van der Waals surface area contributed by atoms with Gasteiger partial charge >= 0.3 is 5.97 Å². The van der Waals surface area contributed by atoms with Gasteiger partial charge in [-0.1, -0.05) is 25.0 Å². The van der Waals surface area contributed by atoms with Gasteiger partial charge in [0.15, 0.2) is 0 Å². The van der Waals surface area contributed by atoms with Crippen LogP contribution in [0.1, 0.15) is 44.9 Å². The molecule has 0 spiro atoms. The van der Waals surface area contributed by atoms with Crippen LogP contribution in [0, 0.1) is 11.8 Å². The largest absolute Gasteiger partial charge is 0.465 e. The maximum absolute atomic E-state index is 11.6. The first-order valence-corrected chi connectivity index (χ1v) is 6.18. The van der Waals surface area contributed by atoms with E-state index in [9.17, 15) is 4.79 Å². The zero-order valence-electron chi connectivity index (χ0n) is 9.28. The van der Waals surface area contributed by atoms with Crippen molar-refractivity contribution in [3.8, 4) is 0 Å². The summed E-state index contributed by atoms with van der Waals surface area (Å²) in [6, 6.07) is 0. The molecule has 0 aromatic rings. The molecule has 1 saturated carbocycles. The van der Waals surface area contributed by atoms with Gasteiger partial charge < -0.3 is 4.74 Å². The molecule has 0 bridgehead atoms. The van der Waals surface area contributed by atoms with Crippen molar-refractivity contribution in [2.24, 2.45) is 11.8 Å². The van der Waals surface area contributed by atoms with Gasteiger partial charge in [0.2, 0.25) is 0 Å². The van der Waals surface area contributed by atoms with E-state index in [2.05, 4.69) is 12.2 Å². The second-order valence-electron chi connectivity index (χ2n) is 4.76. The highest BCUT2D eigenvalue weighted by Crippen LogP contribution is 2.26. The summed E-state index contributed by atoms with van der Waals surface area (Å²) in [5, 5.41) is 0. The molecule has 15 heavy (non-hydrogen) atoms. The average molecular weight is 208 g/mol. The molecule has 2 nitrogen and oxygen atoms in total. The van der Waals surface area contributed by atoms with Crippen LogP contribution in [0.25, 0.3) is 0 Å². The van der Waals surface area contributed by atoms with E-state index in [1.165, 1.54) is 19.3 Å². The topological polar surface area (TPSA) is 26.3 Å². The average Bonchev–Trinajstić information content (AvgIpc) is 2.81. The molecule has 84 valence electrons. The molecular weight excluding hydrogens is 188 g/mol. The van der Waals surface area contributed by atoms with E-state index in [4.69, 9.17) is 4.74 Å². The number of esters is 1. The Morgan fingerprint density at radius 1 is 1.20 bits per heavy atom. The standard InChI is InChI=1S/C13H20O2/c14-13(12-8-4-5-9-12)15-10-11-6-2-1-3-7-11/h1-2,11-12H,3-10H2. The number of allylic oxidation sites excluding steroid dienone is 2. The molecule has 0 aliphatic heterocycles. The van der Waals surface area contributed by atoms with Crippen LogP contribution in [0.2, 0.25) is 0 Å². The minimum absolute atomic E-state index is 0.0575. The van der Waals surface area contributed by atoms with Crippen LogP contribution in [0.3, 0.4) is 0 Å².